The van der Waals surface area contributed by atoms with Crippen molar-refractivity contribution in [3.05, 3.63) is 65.0 Å². The van der Waals surface area contributed by atoms with Crippen molar-refractivity contribution >= 4 is 11.8 Å². The lowest BCUT2D eigenvalue weighted by molar-refractivity contribution is 0.199. The molecular formula is C16H14FNOS. The molecule has 2 rings (SSSR count). The summed E-state index contributed by atoms with van der Waals surface area (Å²) in [5.74, 6) is 0.173. The van der Waals surface area contributed by atoms with Gasteiger partial charge in [-0.25, -0.2) is 4.39 Å². The van der Waals surface area contributed by atoms with E-state index in [4.69, 9.17) is 5.26 Å². The first-order valence-electron chi connectivity index (χ1n) is 6.19. The Bertz CT molecular complexity index is 632. The van der Waals surface area contributed by atoms with Crippen LogP contribution in [-0.4, -0.2) is 5.11 Å². The maximum Gasteiger partial charge on any atom is 0.127 e. The van der Waals surface area contributed by atoms with Crippen LogP contribution in [0.15, 0.2) is 47.4 Å². The molecule has 4 heteroatoms. The summed E-state index contributed by atoms with van der Waals surface area (Å²) in [6, 6.07) is 13.9. The Morgan fingerprint density at radius 1 is 1.25 bits per heavy atom. The minimum Gasteiger partial charge on any atom is -0.389 e. The summed E-state index contributed by atoms with van der Waals surface area (Å²) in [5.41, 5.74) is 1.84. The fourth-order valence-electron chi connectivity index (χ4n) is 1.76. The van der Waals surface area contributed by atoms with Gasteiger partial charge in [-0.1, -0.05) is 12.1 Å². The summed E-state index contributed by atoms with van der Waals surface area (Å²) in [5, 5.41) is 18.2. The molecule has 0 saturated carbocycles. The summed E-state index contributed by atoms with van der Waals surface area (Å²) in [6.07, 6.45) is -0.487. The van der Waals surface area contributed by atoms with Crippen LogP contribution < -0.4 is 0 Å². The topological polar surface area (TPSA) is 44.0 Å². The zero-order chi connectivity index (χ0) is 14.5. The fraction of sp³-hybridized carbons (Fsp3) is 0.188. The van der Waals surface area contributed by atoms with Gasteiger partial charge in [-0.15, -0.1) is 11.8 Å². The average molecular weight is 287 g/mol. The molecule has 0 aromatic heterocycles. The van der Waals surface area contributed by atoms with Crippen LogP contribution in [0.1, 0.15) is 29.7 Å². The highest BCUT2D eigenvalue weighted by Crippen LogP contribution is 2.26. The lowest BCUT2D eigenvalue weighted by Crippen LogP contribution is -1.91. The number of rotatable bonds is 4. The first kappa shape index (κ1) is 14.6. The second-order valence-electron chi connectivity index (χ2n) is 4.45. The molecule has 0 aliphatic heterocycles. The first-order chi connectivity index (χ1) is 9.60. The van der Waals surface area contributed by atoms with Gasteiger partial charge < -0.3 is 5.11 Å². The molecule has 2 aromatic carbocycles. The molecule has 0 spiro atoms. The zero-order valence-electron chi connectivity index (χ0n) is 11.0. The van der Waals surface area contributed by atoms with Gasteiger partial charge in [0.25, 0.3) is 0 Å². The van der Waals surface area contributed by atoms with Crippen molar-refractivity contribution in [3.8, 4) is 6.07 Å². The summed E-state index contributed by atoms with van der Waals surface area (Å²) in [6.45, 7) is 1.71. The van der Waals surface area contributed by atoms with E-state index in [9.17, 15) is 9.50 Å². The van der Waals surface area contributed by atoms with Crippen molar-refractivity contribution < 1.29 is 9.50 Å². The molecule has 0 fully saturated rings. The van der Waals surface area contributed by atoms with Crippen molar-refractivity contribution in [2.75, 3.05) is 0 Å². The summed E-state index contributed by atoms with van der Waals surface area (Å²) >= 11 is 1.50. The maximum absolute atomic E-state index is 13.6. The van der Waals surface area contributed by atoms with E-state index in [-0.39, 0.29) is 5.82 Å². The van der Waals surface area contributed by atoms with E-state index < -0.39 is 6.10 Å². The Morgan fingerprint density at radius 2 is 1.95 bits per heavy atom. The van der Waals surface area contributed by atoms with E-state index in [1.807, 2.05) is 30.3 Å². The van der Waals surface area contributed by atoms with Gasteiger partial charge in [0.05, 0.1) is 17.7 Å². The SMILES string of the molecule is CC(O)c1ccc(SCc2cc(C#N)ccc2F)cc1. The minimum atomic E-state index is -0.487. The normalized spacial score (nSPS) is 11.9. The van der Waals surface area contributed by atoms with Crippen LogP contribution in [0.3, 0.4) is 0 Å². The van der Waals surface area contributed by atoms with Crippen LogP contribution in [0.25, 0.3) is 0 Å². The van der Waals surface area contributed by atoms with Crippen LogP contribution in [0, 0.1) is 17.1 Å². The number of nitriles is 1. The first-order valence-corrected chi connectivity index (χ1v) is 7.18. The van der Waals surface area contributed by atoms with E-state index >= 15 is 0 Å². The fourth-order valence-corrected chi connectivity index (χ4v) is 2.63. The Hall–Kier alpha value is -1.83. The smallest absolute Gasteiger partial charge is 0.127 e. The lowest BCUT2D eigenvalue weighted by atomic mass is 10.1. The molecule has 2 aromatic rings. The number of aliphatic hydroxyl groups is 1. The highest BCUT2D eigenvalue weighted by Gasteiger charge is 2.05. The Kier molecular flexibility index (Phi) is 4.78. The number of halogens is 1. The number of benzene rings is 2. The van der Waals surface area contributed by atoms with Crippen LogP contribution in [0.5, 0.6) is 0 Å². The highest BCUT2D eigenvalue weighted by atomic mass is 32.2. The van der Waals surface area contributed by atoms with E-state index in [1.165, 1.54) is 23.9 Å². The van der Waals surface area contributed by atoms with Gasteiger partial charge in [0.1, 0.15) is 5.82 Å². The van der Waals surface area contributed by atoms with Crippen molar-refractivity contribution in [1.29, 1.82) is 5.26 Å². The third-order valence-electron chi connectivity index (χ3n) is 2.93. The number of hydrogen-bond donors (Lipinski definition) is 1. The van der Waals surface area contributed by atoms with Gasteiger partial charge in [0, 0.05) is 10.6 Å². The van der Waals surface area contributed by atoms with Gasteiger partial charge in [0.2, 0.25) is 0 Å². The molecule has 0 amide bonds. The molecule has 2 nitrogen and oxygen atoms in total. The van der Waals surface area contributed by atoms with Gasteiger partial charge in [-0.05, 0) is 48.4 Å². The molecule has 1 N–H and O–H groups in total. The van der Waals surface area contributed by atoms with E-state index in [2.05, 4.69) is 0 Å². The van der Waals surface area contributed by atoms with Gasteiger partial charge >= 0.3 is 0 Å². The molecule has 0 heterocycles. The van der Waals surface area contributed by atoms with Gasteiger partial charge in [0.15, 0.2) is 0 Å². The molecule has 0 aliphatic rings. The minimum absolute atomic E-state index is 0.294. The molecule has 1 unspecified atom stereocenters. The summed E-state index contributed by atoms with van der Waals surface area (Å²) in [7, 11) is 0. The molecule has 0 bridgehead atoms. The predicted octanol–water partition coefficient (Wildman–Crippen LogP) is 4.04. The van der Waals surface area contributed by atoms with Gasteiger partial charge in [-0.3, -0.25) is 0 Å². The number of aliphatic hydroxyl groups excluding tert-OH is 1. The molecule has 1 atom stereocenters. The second kappa shape index (κ2) is 6.56. The third-order valence-corrected chi connectivity index (χ3v) is 3.99. The Morgan fingerprint density at radius 3 is 2.55 bits per heavy atom. The Labute approximate surface area is 121 Å². The van der Waals surface area contributed by atoms with E-state index in [0.29, 0.717) is 16.9 Å². The predicted molar refractivity (Wildman–Crippen MR) is 77.8 cm³/mol. The summed E-state index contributed by atoms with van der Waals surface area (Å²) in [4.78, 5) is 0.996. The molecular weight excluding hydrogens is 273 g/mol. The van der Waals surface area contributed by atoms with E-state index in [1.54, 1.807) is 13.0 Å². The van der Waals surface area contributed by atoms with Gasteiger partial charge in [-0.2, -0.15) is 5.26 Å². The zero-order valence-corrected chi connectivity index (χ0v) is 11.8. The van der Waals surface area contributed by atoms with Crippen molar-refractivity contribution in [3.63, 3.8) is 0 Å². The quantitative estimate of drug-likeness (QED) is 0.863. The molecule has 0 radical (unpaired) electrons. The van der Waals surface area contributed by atoms with Crippen LogP contribution in [0.2, 0.25) is 0 Å². The standard InChI is InChI=1S/C16H14FNOS/c1-11(19)13-3-5-15(6-4-13)20-10-14-8-12(9-18)2-7-16(14)17/h2-8,11,19H,10H2,1H3. The molecule has 20 heavy (non-hydrogen) atoms. The third kappa shape index (κ3) is 3.60. The monoisotopic (exact) mass is 287 g/mol. The van der Waals surface area contributed by atoms with Crippen LogP contribution in [-0.2, 0) is 5.75 Å². The number of nitrogens with zero attached hydrogens (tertiary/aromatic N) is 1. The largest absolute Gasteiger partial charge is 0.389 e. The Balaban J connectivity index is 2.07. The second-order valence-corrected chi connectivity index (χ2v) is 5.50. The molecule has 102 valence electrons. The maximum atomic E-state index is 13.6. The molecule has 0 saturated heterocycles. The van der Waals surface area contributed by atoms with E-state index in [0.717, 1.165) is 10.5 Å². The number of thioether (sulfide) groups is 1. The summed E-state index contributed by atoms with van der Waals surface area (Å²) < 4.78 is 13.6. The van der Waals surface area contributed by atoms with Crippen molar-refractivity contribution in [2.45, 2.75) is 23.7 Å². The average Bonchev–Trinajstić information content (AvgIpc) is 2.47. The van der Waals surface area contributed by atoms with Crippen LogP contribution in [0.4, 0.5) is 4.39 Å². The molecule has 0 aliphatic carbocycles. The highest BCUT2D eigenvalue weighted by molar-refractivity contribution is 7.98. The van der Waals surface area contributed by atoms with Crippen molar-refractivity contribution in [2.24, 2.45) is 0 Å². The lowest BCUT2D eigenvalue weighted by Gasteiger charge is -2.07. The number of hydrogen-bond acceptors (Lipinski definition) is 3. The van der Waals surface area contributed by atoms with Crippen molar-refractivity contribution in [1.82, 2.24) is 0 Å². The van der Waals surface area contributed by atoms with Crippen LogP contribution >= 0.6 is 11.8 Å².